The molecule has 0 saturated carbocycles. The molecule has 0 radical (unpaired) electrons. The highest BCUT2D eigenvalue weighted by Gasteiger charge is 2.29. The first-order valence-electron chi connectivity index (χ1n) is 12.8. The van der Waals surface area contributed by atoms with Crippen LogP contribution in [0.1, 0.15) is 29.3 Å². The van der Waals surface area contributed by atoms with Crippen LogP contribution in [0.15, 0.2) is 71.6 Å². The van der Waals surface area contributed by atoms with E-state index in [2.05, 4.69) is 4.90 Å². The second-order valence-corrected chi connectivity index (χ2v) is 12.8. The van der Waals surface area contributed by atoms with Crippen LogP contribution in [-0.4, -0.2) is 69.4 Å². The Balaban J connectivity index is 0.00000231. The lowest BCUT2D eigenvalue weighted by atomic mass is 10.0. The predicted molar refractivity (Wildman–Crippen MR) is 156 cm³/mol. The van der Waals surface area contributed by atoms with Crippen molar-refractivity contribution in [3.8, 4) is 5.75 Å². The number of thiazole rings is 1. The van der Waals surface area contributed by atoms with Gasteiger partial charge in [-0.25, -0.2) is 13.4 Å². The maximum Gasteiger partial charge on any atom is 1.00 e. The molecule has 0 bridgehead atoms. The molecule has 1 aliphatic rings. The third kappa shape index (κ3) is 6.31. The highest BCUT2D eigenvalue weighted by Crippen LogP contribution is 2.32. The SMILES string of the molecule is COc1ccc2sc(N(CCCN(C)C)C(=O)c3ccc(S(=O)(=O)N4CCc5ccccc5C4)cc3)nc2c1.[Cl-].[H+]. The molecule has 5 rings (SSSR count). The summed E-state index contributed by atoms with van der Waals surface area (Å²) in [6.45, 7) is 2.09. The van der Waals surface area contributed by atoms with E-state index < -0.39 is 10.0 Å². The van der Waals surface area contributed by atoms with Crippen LogP contribution in [0.4, 0.5) is 5.13 Å². The van der Waals surface area contributed by atoms with E-state index in [1.165, 1.54) is 33.3 Å². The van der Waals surface area contributed by atoms with Gasteiger partial charge in [0.15, 0.2) is 5.13 Å². The minimum atomic E-state index is -3.69. The molecule has 0 spiro atoms. The normalized spacial score (nSPS) is 13.6. The Kier molecular flexibility index (Phi) is 9.48. The third-order valence-electron chi connectivity index (χ3n) is 6.88. The predicted octanol–water partition coefficient (Wildman–Crippen LogP) is 1.77. The molecule has 0 N–H and O–H groups in total. The number of halogens is 1. The van der Waals surface area contributed by atoms with Crippen molar-refractivity contribution in [2.24, 2.45) is 0 Å². The molecule has 1 aromatic heterocycles. The molecule has 2 heterocycles. The number of ether oxygens (including phenoxy) is 1. The van der Waals surface area contributed by atoms with Gasteiger partial charge in [-0.1, -0.05) is 35.6 Å². The number of nitrogens with zero attached hydrogens (tertiary/aromatic N) is 4. The van der Waals surface area contributed by atoms with Crippen LogP contribution in [-0.2, 0) is 23.0 Å². The number of methoxy groups -OCH3 is 1. The van der Waals surface area contributed by atoms with E-state index in [1.807, 2.05) is 56.6 Å². The number of hydrogen-bond donors (Lipinski definition) is 0. The lowest BCUT2D eigenvalue weighted by Crippen LogP contribution is -3.00. The summed E-state index contributed by atoms with van der Waals surface area (Å²) in [6.07, 6.45) is 1.45. The molecular weight excluding hydrogens is 568 g/mol. The molecule has 0 saturated heterocycles. The standard InChI is InChI=1S/C29H32N4O4S2.ClH/c1-31(2)16-6-17-33(29-30-26-19-24(37-3)11-14-27(26)38-29)28(34)22-9-12-25(13-10-22)39(35,36)32-18-15-21-7-4-5-8-23(21)20-32;/h4-5,7-14,19H,6,15-18,20H2,1-3H3;1H. The summed E-state index contributed by atoms with van der Waals surface area (Å²) in [5, 5.41) is 0.602. The van der Waals surface area contributed by atoms with Crippen molar-refractivity contribution in [3.63, 3.8) is 0 Å². The molecule has 0 atom stereocenters. The Morgan fingerprint density at radius 1 is 1.05 bits per heavy atom. The number of aromatic nitrogens is 1. The summed E-state index contributed by atoms with van der Waals surface area (Å²) in [4.78, 5) is 22.4. The average molecular weight is 601 g/mol. The number of anilines is 1. The third-order valence-corrected chi connectivity index (χ3v) is 9.80. The zero-order valence-electron chi connectivity index (χ0n) is 23.7. The van der Waals surface area contributed by atoms with E-state index in [1.54, 1.807) is 24.1 Å². The van der Waals surface area contributed by atoms with Gasteiger partial charge in [0, 0.05) is 31.3 Å². The Hall–Kier alpha value is -3.02. The molecular formula is C29H33ClN4O4S2. The fraction of sp³-hybridized carbons (Fsp3) is 0.310. The first kappa shape index (κ1) is 30.0. The molecule has 3 aromatic carbocycles. The largest absolute Gasteiger partial charge is 1.00 e. The average Bonchev–Trinajstić information content (AvgIpc) is 3.37. The van der Waals surface area contributed by atoms with E-state index in [9.17, 15) is 13.2 Å². The van der Waals surface area contributed by atoms with Crippen LogP contribution in [0.2, 0.25) is 0 Å². The summed E-state index contributed by atoms with van der Waals surface area (Å²) >= 11 is 1.45. The molecule has 212 valence electrons. The van der Waals surface area contributed by atoms with Gasteiger partial charge >= 0.3 is 1.43 Å². The lowest BCUT2D eigenvalue weighted by molar-refractivity contribution is -0.0000183. The van der Waals surface area contributed by atoms with Gasteiger partial charge in [-0.15, -0.1) is 0 Å². The Bertz CT molecular complexity index is 1600. The van der Waals surface area contributed by atoms with Gasteiger partial charge in [-0.2, -0.15) is 4.31 Å². The Labute approximate surface area is 247 Å². The fourth-order valence-corrected chi connectivity index (χ4v) is 7.11. The van der Waals surface area contributed by atoms with Gasteiger partial charge < -0.3 is 22.0 Å². The number of fused-ring (bicyclic) bond motifs is 2. The molecule has 0 fully saturated rings. The highest BCUT2D eigenvalue weighted by atomic mass is 35.5. The van der Waals surface area contributed by atoms with Gasteiger partial charge in [-0.05, 0) is 81.0 Å². The number of carbonyl (C=O) groups excluding carboxylic acids is 1. The van der Waals surface area contributed by atoms with Crippen molar-refractivity contribution in [1.29, 1.82) is 0 Å². The van der Waals surface area contributed by atoms with Crippen molar-refractivity contribution in [2.45, 2.75) is 24.3 Å². The van der Waals surface area contributed by atoms with E-state index in [0.717, 1.165) is 28.7 Å². The Morgan fingerprint density at radius 3 is 2.48 bits per heavy atom. The van der Waals surface area contributed by atoms with Gasteiger partial charge in [0.25, 0.3) is 5.91 Å². The summed E-state index contributed by atoms with van der Waals surface area (Å²) < 4.78 is 34.6. The monoisotopic (exact) mass is 600 g/mol. The number of carbonyl (C=O) groups is 1. The van der Waals surface area contributed by atoms with Crippen LogP contribution in [0.25, 0.3) is 10.2 Å². The van der Waals surface area contributed by atoms with E-state index in [0.29, 0.717) is 42.5 Å². The second-order valence-electron chi connectivity index (χ2n) is 9.83. The summed E-state index contributed by atoms with van der Waals surface area (Å²) in [5.41, 5.74) is 3.40. The molecule has 0 aliphatic carbocycles. The van der Waals surface area contributed by atoms with Crippen molar-refractivity contribution in [1.82, 2.24) is 14.2 Å². The molecule has 0 unspecified atom stereocenters. The summed E-state index contributed by atoms with van der Waals surface area (Å²) in [6, 6.07) is 19.9. The van der Waals surface area contributed by atoms with Crippen LogP contribution >= 0.6 is 11.3 Å². The minimum Gasteiger partial charge on any atom is -1.00 e. The van der Waals surface area contributed by atoms with Crippen LogP contribution in [0.3, 0.4) is 0 Å². The van der Waals surface area contributed by atoms with Gasteiger partial charge in [-0.3, -0.25) is 9.69 Å². The van der Waals surface area contributed by atoms with Crippen molar-refractivity contribution >= 4 is 42.6 Å². The molecule has 1 aliphatic heterocycles. The summed E-state index contributed by atoms with van der Waals surface area (Å²) in [7, 11) is 1.92. The summed E-state index contributed by atoms with van der Waals surface area (Å²) in [5.74, 6) is 0.495. The highest BCUT2D eigenvalue weighted by molar-refractivity contribution is 7.89. The second kappa shape index (κ2) is 12.7. The lowest BCUT2D eigenvalue weighted by Gasteiger charge is -2.28. The van der Waals surface area contributed by atoms with Crippen molar-refractivity contribution in [2.75, 3.05) is 45.7 Å². The van der Waals surface area contributed by atoms with Gasteiger partial charge in [0.1, 0.15) is 5.75 Å². The van der Waals surface area contributed by atoms with Gasteiger partial charge in [0.05, 0.1) is 22.2 Å². The number of amides is 1. The first-order valence-corrected chi connectivity index (χ1v) is 15.1. The maximum atomic E-state index is 13.7. The molecule has 8 nitrogen and oxygen atoms in total. The zero-order valence-corrected chi connectivity index (χ0v) is 25.1. The van der Waals surface area contributed by atoms with E-state index in [-0.39, 0.29) is 24.6 Å². The Morgan fingerprint density at radius 2 is 1.77 bits per heavy atom. The van der Waals surface area contributed by atoms with Crippen molar-refractivity contribution in [3.05, 3.63) is 83.4 Å². The maximum absolute atomic E-state index is 13.7. The first-order chi connectivity index (χ1) is 18.8. The molecule has 11 heteroatoms. The molecule has 40 heavy (non-hydrogen) atoms. The molecule has 4 aromatic rings. The van der Waals surface area contributed by atoms with E-state index in [4.69, 9.17) is 9.72 Å². The van der Waals surface area contributed by atoms with Crippen LogP contribution in [0, 0.1) is 0 Å². The fourth-order valence-electron chi connectivity index (χ4n) is 4.72. The quantitative estimate of drug-likeness (QED) is 0.291. The number of sulfonamides is 1. The van der Waals surface area contributed by atoms with E-state index >= 15 is 0 Å². The smallest absolute Gasteiger partial charge is 1.00 e. The van der Waals surface area contributed by atoms with Crippen molar-refractivity contribution < 1.29 is 31.8 Å². The number of benzene rings is 3. The minimum absolute atomic E-state index is 0. The molecule has 1 amide bonds. The van der Waals surface area contributed by atoms with Gasteiger partial charge in [0.2, 0.25) is 10.0 Å². The topological polar surface area (TPSA) is 83.0 Å². The number of hydrogen-bond acceptors (Lipinski definition) is 7. The van der Waals surface area contributed by atoms with Crippen LogP contribution in [0.5, 0.6) is 5.75 Å². The van der Waals surface area contributed by atoms with Crippen LogP contribution < -0.4 is 22.0 Å². The zero-order chi connectivity index (χ0) is 27.6. The number of rotatable bonds is 9.